The van der Waals surface area contributed by atoms with Gasteiger partial charge in [0.1, 0.15) is 0 Å². The zero-order valence-corrected chi connectivity index (χ0v) is 5.46. The van der Waals surface area contributed by atoms with E-state index in [1.54, 1.807) is 6.08 Å². The van der Waals surface area contributed by atoms with Gasteiger partial charge in [-0.25, -0.2) is 0 Å². The Morgan fingerprint density at radius 1 is 1.30 bits per heavy atom. The monoisotopic (exact) mass is 138 g/mol. The highest BCUT2D eigenvalue weighted by Crippen LogP contribution is 2.05. The Bertz CT molecular complexity index is 226. The molecule has 0 aromatic heterocycles. The Labute approximate surface area is 58.9 Å². The third-order valence-electron chi connectivity index (χ3n) is 1.36. The highest BCUT2D eigenvalue weighted by molar-refractivity contribution is 6.00. The Kier molecular flexibility index (Phi) is 1.47. The summed E-state index contributed by atoms with van der Waals surface area (Å²) >= 11 is 0. The normalized spacial score (nSPS) is 25.7. The van der Waals surface area contributed by atoms with Crippen LogP contribution in [0.15, 0.2) is 23.5 Å². The van der Waals surface area contributed by atoms with Crippen molar-refractivity contribution in [3.8, 4) is 0 Å². The highest BCUT2D eigenvalue weighted by atomic mass is 14.8. The molecule has 0 radical (unpaired) electrons. The number of hydrogen-bond acceptors (Lipinski definition) is 4. The second-order valence-electron chi connectivity index (χ2n) is 2.20. The van der Waals surface area contributed by atoms with Gasteiger partial charge >= 0.3 is 0 Å². The molecule has 1 aliphatic rings. The molecule has 1 unspecified atom stereocenters. The van der Waals surface area contributed by atoms with Gasteiger partial charge in [0.15, 0.2) is 0 Å². The highest BCUT2D eigenvalue weighted by Gasteiger charge is 2.11. The van der Waals surface area contributed by atoms with Crippen LogP contribution < -0.4 is 17.2 Å². The van der Waals surface area contributed by atoms with Gasteiger partial charge in [-0.1, -0.05) is 0 Å². The van der Waals surface area contributed by atoms with E-state index < -0.39 is 6.04 Å². The summed E-state index contributed by atoms with van der Waals surface area (Å²) < 4.78 is 0. The molecule has 0 fully saturated rings. The van der Waals surface area contributed by atoms with Crippen LogP contribution in [0.4, 0.5) is 0 Å². The van der Waals surface area contributed by atoms with Crippen LogP contribution in [0, 0.1) is 5.41 Å². The molecule has 7 N–H and O–H groups in total. The van der Waals surface area contributed by atoms with Crippen molar-refractivity contribution in [2.45, 2.75) is 6.04 Å². The minimum atomic E-state index is -0.396. The molecule has 0 saturated heterocycles. The molecule has 0 saturated carbocycles. The first-order valence-corrected chi connectivity index (χ1v) is 2.90. The lowest BCUT2D eigenvalue weighted by molar-refractivity contribution is 1.02. The Morgan fingerprint density at radius 2 is 1.90 bits per heavy atom. The van der Waals surface area contributed by atoms with Gasteiger partial charge in [0.2, 0.25) is 0 Å². The van der Waals surface area contributed by atoms with Crippen LogP contribution in [0.5, 0.6) is 0 Å². The summed E-state index contributed by atoms with van der Waals surface area (Å²) in [6, 6.07) is -0.396. The Morgan fingerprint density at radius 3 is 2.40 bits per heavy atom. The Balaban J connectivity index is 2.94. The summed E-state index contributed by atoms with van der Waals surface area (Å²) in [4.78, 5) is 0. The summed E-state index contributed by atoms with van der Waals surface area (Å²) in [5, 5.41) is 7.23. The van der Waals surface area contributed by atoms with Gasteiger partial charge < -0.3 is 22.6 Å². The first-order chi connectivity index (χ1) is 4.61. The quantitative estimate of drug-likeness (QED) is 0.346. The van der Waals surface area contributed by atoms with Crippen LogP contribution in [0.2, 0.25) is 0 Å². The number of nitrogens with two attached hydrogens (primary N) is 3. The smallest absolute Gasteiger partial charge is 0.0673 e. The van der Waals surface area contributed by atoms with Crippen LogP contribution in [0.3, 0.4) is 0 Å². The molecule has 0 aromatic carbocycles. The van der Waals surface area contributed by atoms with Crippen molar-refractivity contribution < 1.29 is 0 Å². The van der Waals surface area contributed by atoms with Crippen molar-refractivity contribution >= 4 is 5.71 Å². The van der Waals surface area contributed by atoms with E-state index in [0.29, 0.717) is 17.1 Å². The molecule has 4 heteroatoms. The SMILES string of the molecule is N=C1C=C(N)C(N)=CC1N. The van der Waals surface area contributed by atoms with Crippen molar-refractivity contribution in [2.75, 3.05) is 0 Å². The fourth-order valence-corrected chi connectivity index (χ4v) is 0.727. The van der Waals surface area contributed by atoms with E-state index in [2.05, 4.69) is 0 Å². The molecule has 1 atom stereocenters. The van der Waals surface area contributed by atoms with E-state index in [4.69, 9.17) is 22.6 Å². The second-order valence-corrected chi connectivity index (χ2v) is 2.20. The molecule has 0 amide bonds. The lowest BCUT2D eigenvalue weighted by atomic mass is 10.0. The summed E-state index contributed by atoms with van der Waals surface area (Å²) in [6.07, 6.45) is 3.04. The maximum absolute atomic E-state index is 7.23. The topological polar surface area (TPSA) is 102 Å². The molecule has 1 aliphatic carbocycles. The van der Waals surface area contributed by atoms with Gasteiger partial charge in [-0.3, -0.25) is 0 Å². The molecule has 1 rings (SSSR count). The van der Waals surface area contributed by atoms with Crippen LogP contribution >= 0.6 is 0 Å². The number of nitrogens with one attached hydrogen (secondary N) is 1. The second kappa shape index (κ2) is 2.15. The van der Waals surface area contributed by atoms with E-state index in [0.717, 1.165) is 0 Å². The third-order valence-corrected chi connectivity index (χ3v) is 1.36. The van der Waals surface area contributed by atoms with Gasteiger partial charge in [-0.05, 0) is 12.2 Å². The first-order valence-electron chi connectivity index (χ1n) is 2.90. The predicted octanol–water partition coefficient (Wildman–Crippen LogP) is -0.968. The van der Waals surface area contributed by atoms with E-state index in [9.17, 15) is 0 Å². The van der Waals surface area contributed by atoms with Crippen LogP contribution in [-0.4, -0.2) is 11.8 Å². The van der Waals surface area contributed by atoms with Crippen molar-refractivity contribution in [3.05, 3.63) is 23.5 Å². The predicted molar refractivity (Wildman–Crippen MR) is 40.2 cm³/mol. The van der Waals surface area contributed by atoms with Gasteiger partial charge in [0.05, 0.1) is 23.1 Å². The van der Waals surface area contributed by atoms with Gasteiger partial charge in [-0.2, -0.15) is 0 Å². The maximum atomic E-state index is 7.23. The lowest BCUT2D eigenvalue weighted by Crippen LogP contribution is -2.32. The van der Waals surface area contributed by atoms with E-state index in [-0.39, 0.29) is 0 Å². The van der Waals surface area contributed by atoms with Gasteiger partial charge in [-0.15, -0.1) is 0 Å². The minimum absolute atomic E-state index is 0.298. The first kappa shape index (κ1) is 6.82. The lowest BCUT2D eigenvalue weighted by Gasteiger charge is -2.13. The van der Waals surface area contributed by atoms with E-state index in [1.165, 1.54) is 6.08 Å². The average molecular weight is 138 g/mol. The molecule has 54 valence electrons. The third kappa shape index (κ3) is 1.01. The molecular weight excluding hydrogens is 128 g/mol. The molecule has 0 aliphatic heterocycles. The molecule has 0 bridgehead atoms. The average Bonchev–Trinajstić information content (AvgIpc) is 1.84. The zero-order chi connectivity index (χ0) is 7.72. The standard InChI is InChI=1S/C6H10N4/c7-3-1-4(8)6(10)2-5(3)9/h1-3,9H,7-8,10H2. The van der Waals surface area contributed by atoms with Gasteiger partial charge in [0.25, 0.3) is 0 Å². The summed E-state index contributed by atoms with van der Waals surface area (Å²) in [6.45, 7) is 0. The molecule has 0 aromatic rings. The summed E-state index contributed by atoms with van der Waals surface area (Å²) in [7, 11) is 0. The van der Waals surface area contributed by atoms with E-state index >= 15 is 0 Å². The number of rotatable bonds is 0. The number of hydrogen-bond donors (Lipinski definition) is 4. The summed E-state index contributed by atoms with van der Waals surface area (Å²) in [5.74, 6) is 0. The zero-order valence-electron chi connectivity index (χ0n) is 5.46. The molecule has 10 heavy (non-hydrogen) atoms. The fraction of sp³-hybridized carbons (Fsp3) is 0.167. The van der Waals surface area contributed by atoms with Crippen molar-refractivity contribution in [2.24, 2.45) is 17.2 Å². The largest absolute Gasteiger partial charge is 0.397 e. The van der Waals surface area contributed by atoms with Gasteiger partial charge in [0, 0.05) is 0 Å². The van der Waals surface area contributed by atoms with Crippen LogP contribution in [0.1, 0.15) is 0 Å². The fourth-order valence-electron chi connectivity index (χ4n) is 0.727. The van der Waals surface area contributed by atoms with Crippen molar-refractivity contribution in [3.63, 3.8) is 0 Å². The molecule has 0 heterocycles. The van der Waals surface area contributed by atoms with Crippen molar-refractivity contribution in [1.29, 1.82) is 5.41 Å². The summed E-state index contributed by atoms with van der Waals surface area (Å²) in [5.41, 5.74) is 17.5. The maximum Gasteiger partial charge on any atom is 0.0673 e. The molecular formula is C6H10N4. The Hall–Kier alpha value is -1.29. The van der Waals surface area contributed by atoms with E-state index in [1.807, 2.05) is 0 Å². The van der Waals surface area contributed by atoms with Crippen molar-refractivity contribution in [1.82, 2.24) is 0 Å². The molecule has 0 spiro atoms. The minimum Gasteiger partial charge on any atom is -0.397 e. The molecule has 4 nitrogen and oxygen atoms in total. The van der Waals surface area contributed by atoms with Crippen LogP contribution in [-0.2, 0) is 0 Å². The van der Waals surface area contributed by atoms with Crippen LogP contribution in [0.25, 0.3) is 0 Å².